The Morgan fingerprint density at radius 2 is 2.20 bits per heavy atom. The fourth-order valence-corrected chi connectivity index (χ4v) is 2.31. The number of aromatic nitrogens is 4. The Balaban J connectivity index is 1.67. The number of hydrogen-bond acceptors (Lipinski definition) is 3. The van der Waals surface area contributed by atoms with Gasteiger partial charge < -0.3 is 14.5 Å². The molecule has 100 valence electrons. The summed E-state index contributed by atoms with van der Waals surface area (Å²) in [6.07, 6.45) is 8.25. The molecule has 20 heavy (non-hydrogen) atoms. The second kappa shape index (κ2) is 4.19. The monoisotopic (exact) mass is 267 g/mol. The van der Waals surface area contributed by atoms with Crippen LogP contribution >= 0.6 is 0 Å². The normalized spacial score (nSPS) is 14.5. The molecule has 0 unspecified atom stereocenters. The molecule has 4 rings (SSSR count). The molecule has 0 bridgehead atoms. The number of aromatic amines is 1. The molecule has 1 aliphatic heterocycles. The van der Waals surface area contributed by atoms with Crippen LogP contribution in [0.4, 0.5) is 0 Å². The van der Waals surface area contributed by atoms with Crippen LogP contribution in [-0.2, 0) is 0 Å². The molecule has 4 heterocycles. The van der Waals surface area contributed by atoms with Gasteiger partial charge >= 0.3 is 0 Å². The topological polar surface area (TPSA) is 66.8 Å². The molecule has 3 aromatic rings. The smallest absolute Gasteiger partial charge is 0.255 e. The van der Waals surface area contributed by atoms with Crippen LogP contribution in [0.5, 0.6) is 0 Å². The minimum absolute atomic E-state index is 0.0886. The predicted molar refractivity (Wildman–Crippen MR) is 73.7 cm³/mol. The van der Waals surface area contributed by atoms with E-state index in [-0.39, 0.29) is 5.91 Å². The zero-order valence-corrected chi connectivity index (χ0v) is 10.8. The molecule has 0 atom stereocenters. The first kappa shape index (κ1) is 11.2. The van der Waals surface area contributed by atoms with Gasteiger partial charge in [0.15, 0.2) is 11.5 Å². The van der Waals surface area contributed by atoms with Crippen LogP contribution in [-0.4, -0.2) is 43.4 Å². The van der Waals surface area contributed by atoms with E-state index in [0.717, 1.165) is 30.7 Å². The first-order valence-electron chi connectivity index (χ1n) is 6.59. The number of carbonyl (C=O) groups excluding carboxylic acids is 1. The second-order valence-corrected chi connectivity index (χ2v) is 4.89. The van der Waals surface area contributed by atoms with E-state index in [9.17, 15) is 4.79 Å². The number of carbonyl (C=O) groups is 1. The Hall–Kier alpha value is -2.63. The molecule has 1 N–H and O–H groups in total. The maximum absolute atomic E-state index is 12.1. The highest BCUT2D eigenvalue weighted by Crippen LogP contribution is 2.15. The number of nitrogens with one attached hydrogen (secondary N) is 1. The van der Waals surface area contributed by atoms with Gasteiger partial charge in [0, 0.05) is 31.7 Å². The molecule has 1 fully saturated rings. The van der Waals surface area contributed by atoms with E-state index in [1.165, 1.54) is 0 Å². The SMILES string of the molecule is O=C(c1ccn(-c2cnc3[nH]ccc3n2)c1)N1CCC1. The maximum Gasteiger partial charge on any atom is 0.255 e. The van der Waals surface area contributed by atoms with Gasteiger partial charge in [0.1, 0.15) is 5.52 Å². The number of nitrogens with zero attached hydrogens (tertiary/aromatic N) is 4. The third-order valence-corrected chi connectivity index (χ3v) is 3.60. The van der Waals surface area contributed by atoms with Gasteiger partial charge in [-0.3, -0.25) is 4.79 Å². The number of fused-ring (bicyclic) bond motifs is 1. The lowest BCUT2D eigenvalue weighted by Crippen LogP contribution is -2.41. The average Bonchev–Trinajstić information content (AvgIpc) is 3.05. The number of H-pyrrole nitrogens is 1. The van der Waals surface area contributed by atoms with E-state index >= 15 is 0 Å². The lowest BCUT2D eigenvalue weighted by Gasteiger charge is -2.30. The summed E-state index contributed by atoms with van der Waals surface area (Å²) in [7, 11) is 0. The van der Waals surface area contributed by atoms with Crippen LogP contribution in [0.15, 0.2) is 36.9 Å². The Morgan fingerprint density at radius 1 is 1.30 bits per heavy atom. The van der Waals surface area contributed by atoms with Crippen LogP contribution in [0.25, 0.3) is 17.0 Å². The molecule has 1 amide bonds. The number of amides is 1. The molecule has 6 nitrogen and oxygen atoms in total. The van der Waals surface area contributed by atoms with Crippen LogP contribution in [0.2, 0.25) is 0 Å². The highest BCUT2D eigenvalue weighted by atomic mass is 16.2. The first-order valence-corrected chi connectivity index (χ1v) is 6.59. The third-order valence-electron chi connectivity index (χ3n) is 3.60. The Kier molecular flexibility index (Phi) is 2.35. The first-order chi connectivity index (χ1) is 9.81. The summed E-state index contributed by atoms with van der Waals surface area (Å²) in [6, 6.07) is 3.70. The number of likely N-dealkylation sites (tertiary alicyclic amines) is 1. The summed E-state index contributed by atoms with van der Waals surface area (Å²) in [5.74, 6) is 0.797. The fourth-order valence-electron chi connectivity index (χ4n) is 2.31. The zero-order valence-electron chi connectivity index (χ0n) is 10.8. The standard InChI is InChI=1S/C14H13N5O/c20-14(18-5-1-6-18)10-3-7-19(9-10)12-8-16-13-11(17-12)2-4-15-13/h2-4,7-9H,1,5-6H2,(H,15,16). The Bertz CT molecular complexity index is 784. The molecular formula is C14H13N5O. The second-order valence-electron chi connectivity index (χ2n) is 4.89. The fraction of sp³-hybridized carbons (Fsp3) is 0.214. The lowest BCUT2D eigenvalue weighted by atomic mass is 10.2. The summed E-state index contributed by atoms with van der Waals surface area (Å²) < 4.78 is 1.83. The minimum atomic E-state index is 0.0886. The van der Waals surface area contributed by atoms with Crippen molar-refractivity contribution in [3.63, 3.8) is 0 Å². The van der Waals surface area contributed by atoms with Crippen molar-refractivity contribution in [1.82, 2.24) is 24.4 Å². The van der Waals surface area contributed by atoms with Crippen molar-refractivity contribution in [3.8, 4) is 5.82 Å². The van der Waals surface area contributed by atoms with Crippen LogP contribution in [0, 0.1) is 0 Å². The van der Waals surface area contributed by atoms with Gasteiger partial charge in [-0.1, -0.05) is 0 Å². The van der Waals surface area contributed by atoms with Gasteiger partial charge in [-0.05, 0) is 18.6 Å². The molecule has 1 saturated heterocycles. The van der Waals surface area contributed by atoms with E-state index in [2.05, 4.69) is 15.0 Å². The Labute approximate surface area is 115 Å². The van der Waals surface area contributed by atoms with Crippen molar-refractivity contribution < 1.29 is 4.79 Å². The van der Waals surface area contributed by atoms with Gasteiger partial charge in [0.05, 0.1) is 11.8 Å². The van der Waals surface area contributed by atoms with Gasteiger partial charge in [-0.2, -0.15) is 0 Å². The molecular weight excluding hydrogens is 254 g/mol. The summed E-state index contributed by atoms with van der Waals surface area (Å²) in [5, 5.41) is 0. The molecule has 0 spiro atoms. The average molecular weight is 267 g/mol. The molecule has 6 heteroatoms. The van der Waals surface area contributed by atoms with Gasteiger partial charge in [-0.15, -0.1) is 0 Å². The van der Waals surface area contributed by atoms with Crippen molar-refractivity contribution in [2.45, 2.75) is 6.42 Å². The van der Waals surface area contributed by atoms with E-state index < -0.39 is 0 Å². The molecule has 0 aromatic carbocycles. The summed E-state index contributed by atoms with van der Waals surface area (Å²) in [5.41, 5.74) is 2.27. The van der Waals surface area contributed by atoms with Crippen LogP contribution in [0.1, 0.15) is 16.8 Å². The van der Waals surface area contributed by atoms with Crippen LogP contribution < -0.4 is 0 Å². The number of hydrogen-bond donors (Lipinski definition) is 1. The molecule has 0 radical (unpaired) electrons. The summed E-state index contributed by atoms with van der Waals surface area (Å²) >= 11 is 0. The summed E-state index contributed by atoms with van der Waals surface area (Å²) in [4.78, 5) is 25.8. The third kappa shape index (κ3) is 1.69. The highest BCUT2D eigenvalue weighted by Gasteiger charge is 2.22. The van der Waals surface area contributed by atoms with Crippen molar-refractivity contribution in [2.24, 2.45) is 0 Å². The summed E-state index contributed by atoms with van der Waals surface area (Å²) in [6.45, 7) is 1.72. The number of rotatable bonds is 2. The lowest BCUT2D eigenvalue weighted by molar-refractivity contribution is 0.0652. The van der Waals surface area contributed by atoms with Crippen molar-refractivity contribution in [3.05, 3.63) is 42.5 Å². The maximum atomic E-state index is 12.1. The Morgan fingerprint density at radius 3 is 3.00 bits per heavy atom. The molecule has 0 saturated carbocycles. The van der Waals surface area contributed by atoms with Gasteiger partial charge in [0.25, 0.3) is 5.91 Å². The van der Waals surface area contributed by atoms with Crippen molar-refractivity contribution in [1.29, 1.82) is 0 Å². The molecule has 1 aliphatic rings. The quantitative estimate of drug-likeness (QED) is 0.766. The van der Waals surface area contributed by atoms with Gasteiger partial charge in [-0.25, -0.2) is 9.97 Å². The van der Waals surface area contributed by atoms with E-state index in [0.29, 0.717) is 11.4 Å². The van der Waals surface area contributed by atoms with E-state index in [4.69, 9.17) is 0 Å². The van der Waals surface area contributed by atoms with Crippen LogP contribution in [0.3, 0.4) is 0 Å². The van der Waals surface area contributed by atoms with E-state index in [1.807, 2.05) is 40.2 Å². The largest absolute Gasteiger partial charge is 0.345 e. The zero-order chi connectivity index (χ0) is 13.5. The van der Waals surface area contributed by atoms with E-state index in [1.54, 1.807) is 6.20 Å². The van der Waals surface area contributed by atoms with Crippen molar-refractivity contribution in [2.75, 3.05) is 13.1 Å². The minimum Gasteiger partial charge on any atom is -0.345 e. The molecule has 0 aliphatic carbocycles. The molecule has 3 aromatic heterocycles. The predicted octanol–water partition coefficient (Wildman–Crippen LogP) is 1.59. The van der Waals surface area contributed by atoms with Gasteiger partial charge in [0.2, 0.25) is 0 Å². The highest BCUT2D eigenvalue weighted by molar-refractivity contribution is 5.94. The van der Waals surface area contributed by atoms with Crippen molar-refractivity contribution >= 4 is 17.1 Å².